The highest BCUT2D eigenvalue weighted by Crippen LogP contribution is 2.24. The van der Waals surface area contributed by atoms with Gasteiger partial charge in [-0.25, -0.2) is 0 Å². The van der Waals surface area contributed by atoms with E-state index in [-0.39, 0.29) is 5.91 Å². The predicted molar refractivity (Wildman–Crippen MR) is 95.7 cm³/mol. The van der Waals surface area contributed by atoms with E-state index in [1.807, 2.05) is 61.5 Å². The summed E-state index contributed by atoms with van der Waals surface area (Å²) in [7, 11) is 1.63. The Kier molecular flexibility index (Phi) is 5.14. The van der Waals surface area contributed by atoms with Crippen LogP contribution in [0.2, 0.25) is 0 Å². The third-order valence-corrected chi connectivity index (χ3v) is 3.89. The lowest BCUT2D eigenvalue weighted by atomic mass is 10.1. The number of nitrogens with zero attached hydrogens (tertiary/aromatic N) is 1. The smallest absolute Gasteiger partial charge is 0.251 e. The van der Waals surface area contributed by atoms with Gasteiger partial charge in [-0.3, -0.25) is 4.79 Å². The number of carbonyl (C=O) groups is 1. The van der Waals surface area contributed by atoms with Crippen LogP contribution in [0.3, 0.4) is 0 Å². The first-order chi connectivity index (χ1) is 12.2. The lowest BCUT2D eigenvalue weighted by Crippen LogP contribution is -2.25. The molecular weight excluding hydrogens is 316 g/mol. The van der Waals surface area contributed by atoms with Gasteiger partial charge in [0.05, 0.1) is 12.8 Å². The van der Waals surface area contributed by atoms with E-state index in [0.29, 0.717) is 24.3 Å². The van der Waals surface area contributed by atoms with Crippen molar-refractivity contribution in [3.8, 4) is 17.1 Å². The number of aryl methyl sites for hydroxylation is 1. The summed E-state index contributed by atoms with van der Waals surface area (Å²) < 4.78 is 10.6. The van der Waals surface area contributed by atoms with Gasteiger partial charge in [0.25, 0.3) is 5.91 Å². The van der Waals surface area contributed by atoms with Crippen molar-refractivity contribution in [3.05, 3.63) is 71.4 Å². The van der Waals surface area contributed by atoms with Gasteiger partial charge >= 0.3 is 0 Å². The van der Waals surface area contributed by atoms with E-state index < -0.39 is 0 Å². The molecule has 0 aliphatic heterocycles. The van der Waals surface area contributed by atoms with Gasteiger partial charge in [-0.05, 0) is 31.2 Å². The average Bonchev–Trinajstić information content (AvgIpc) is 3.11. The van der Waals surface area contributed by atoms with Crippen LogP contribution in [0.15, 0.2) is 59.1 Å². The van der Waals surface area contributed by atoms with Gasteiger partial charge in [0, 0.05) is 30.2 Å². The SMILES string of the molecule is COc1cccc(-c2cc(CCNC(=O)c3ccc(C)cc3)no2)c1. The largest absolute Gasteiger partial charge is 0.497 e. The van der Waals surface area contributed by atoms with Crippen LogP contribution < -0.4 is 10.1 Å². The number of aromatic nitrogens is 1. The zero-order valence-corrected chi connectivity index (χ0v) is 14.3. The van der Waals surface area contributed by atoms with Crippen molar-refractivity contribution in [2.75, 3.05) is 13.7 Å². The molecule has 0 unspecified atom stereocenters. The molecule has 1 N–H and O–H groups in total. The number of hydrogen-bond donors (Lipinski definition) is 1. The molecule has 25 heavy (non-hydrogen) atoms. The van der Waals surface area contributed by atoms with Crippen LogP contribution in [0, 0.1) is 6.92 Å². The molecular formula is C20H20N2O3. The molecule has 1 aromatic heterocycles. The summed E-state index contributed by atoms with van der Waals surface area (Å²) in [5.74, 6) is 1.36. The fourth-order valence-electron chi connectivity index (χ4n) is 2.45. The van der Waals surface area contributed by atoms with Gasteiger partial charge in [0.1, 0.15) is 5.75 Å². The molecule has 0 atom stereocenters. The second-order valence-electron chi connectivity index (χ2n) is 5.79. The highest BCUT2D eigenvalue weighted by Gasteiger charge is 2.09. The van der Waals surface area contributed by atoms with Crippen molar-refractivity contribution in [1.29, 1.82) is 0 Å². The van der Waals surface area contributed by atoms with Crippen molar-refractivity contribution in [3.63, 3.8) is 0 Å². The van der Waals surface area contributed by atoms with E-state index in [1.165, 1.54) is 0 Å². The number of methoxy groups -OCH3 is 1. The summed E-state index contributed by atoms with van der Waals surface area (Å²) in [6, 6.07) is 17.0. The Balaban J connectivity index is 1.56. The number of nitrogens with one attached hydrogen (secondary N) is 1. The number of carbonyl (C=O) groups excluding carboxylic acids is 1. The number of hydrogen-bond acceptors (Lipinski definition) is 4. The van der Waals surface area contributed by atoms with E-state index >= 15 is 0 Å². The highest BCUT2D eigenvalue weighted by atomic mass is 16.5. The summed E-state index contributed by atoms with van der Waals surface area (Å²) in [4.78, 5) is 12.1. The maximum Gasteiger partial charge on any atom is 0.251 e. The lowest BCUT2D eigenvalue weighted by molar-refractivity contribution is 0.0954. The van der Waals surface area contributed by atoms with Gasteiger partial charge in [0.2, 0.25) is 0 Å². The average molecular weight is 336 g/mol. The van der Waals surface area contributed by atoms with Crippen molar-refractivity contribution in [1.82, 2.24) is 10.5 Å². The van der Waals surface area contributed by atoms with Gasteiger partial charge in [-0.15, -0.1) is 0 Å². The Hall–Kier alpha value is -3.08. The van der Waals surface area contributed by atoms with Crippen LogP contribution in [0.5, 0.6) is 5.75 Å². The molecule has 0 radical (unpaired) electrons. The normalized spacial score (nSPS) is 10.5. The zero-order valence-electron chi connectivity index (χ0n) is 14.3. The van der Waals surface area contributed by atoms with Gasteiger partial charge in [-0.2, -0.15) is 0 Å². The van der Waals surface area contributed by atoms with Crippen LogP contribution >= 0.6 is 0 Å². The van der Waals surface area contributed by atoms with Crippen LogP contribution in [-0.4, -0.2) is 24.7 Å². The number of amides is 1. The molecule has 1 amide bonds. The third kappa shape index (κ3) is 4.26. The molecule has 2 aromatic carbocycles. The molecule has 1 heterocycles. The summed E-state index contributed by atoms with van der Waals surface area (Å²) >= 11 is 0. The van der Waals surface area contributed by atoms with E-state index in [9.17, 15) is 4.79 Å². The number of ether oxygens (including phenoxy) is 1. The first kappa shape index (κ1) is 16.8. The molecule has 3 rings (SSSR count). The lowest BCUT2D eigenvalue weighted by Gasteiger charge is -2.04. The van der Waals surface area contributed by atoms with E-state index in [0.717, 1.165) is 22.6 Å². The molecule has 5 heteroatoms. The molecule has 0 aliphatic rings. The Labute approximate surface area is 146 Å². The summed E-state index contributed by atoms with van der Waals surface area (Å²) in [5, 5.41) is 6.96. The fraction of sp³-hybridized carbons (Fsp3) is 0.200. The van der Waals surface area contributed by atoms with Gasteiger partial charge in [-0.1, -0.05) is 35.0 Å². The molecule has 0 saturated heterocycles. The van der Waals surface area contributed by atoms with Crippen LogP contribution in [0.4, 0.5) is 0 Å². The Bertz CT molecular complexity index is 853. The van der Waals surface area contributed by atoms with Crippen molar-refractivity contribution >= 4 is 5.91 Å². The van der Waals surface area contributed by atoms with Crippen molar-refractivity contribution in [2.24, 2.45) is 0 Å². The highest BCUT2D eigenvalue weighted by molar-refractivity contribution is 5.94. The van der Waals surface area contributed by atoms with Crippen LogP contribution in [0.1, 0.15) is 21.6 Å². The molecule has 0 saturated carbocycles. The Morgan fingerprint density at radius 2 is 1.96 bits per heavy atom. The monoisotopic (exact) mass is 336 g/mol. The summed E-state index contributed by atoms with van der Waals surface area (Å²) in [6.45, 7) is 2.49. The minimum Gasteiger partial charge on any atom is -0.497 e. The predicted octanol–water partition coefficient (Wildman–Crippen LogP) is 3.63. The quantitative estimate of drug-likeness (QED) is 0.746. The second kappa shape index (κ2) is 7.66. The molecule has 128 valence electrons. The van der Waals surface area contributed by atoms with Gasteiger partial charge in [0.15, 0.2) is 5.76 Å². The van der Waals surface area contributed by atoms with Gasteiger partial charge < -0.3 is 14.6 Å². The molecule has 0 aliphatic carbocycles. The maximum absolute atomic E-state index is 12.1. The standard InChI is InChI=1S/C20H20N2O3/c1-14-6-8-15(9-7-14)20(23)21-11-10-17-13-19(25-22-17)16-4-3-5-18(12-16)24-2/h3-9,12-13H,10-11H2,1-2H3,(H,21,23). The Morgan fingerprint density at radius 3 is 2.72 bits per heavy atom. The number of rotatable bonds is 6. The summed E-state index contributed by atoms with van der Waals surface area (Å²) in [5.41, 5.74) is 3.48. The first-order valence-corrected chi connectivity index (χ1v) is 8.10. The van der Waals surface area contributed by atoms with Crippen molar-refractivity contribution < 1.29 is 14.1 Å². The molecule has 5 nitrogen and oxygen atoms in total. The molecule has 0 bridgehead atoms. The van der Waals surface area contributed by atoms with E-state index in [2.05, 4.69) is 10.5 Å². The summed E-state index contributed by atoms with van der Waals surface area (Å²) in [6.07, 6.45) is 0.602. The first-order valence-electron chi connectivity index (χ1n) is 8.10. The topological polar surface area (TPSA) is 64.4 Å². The van der Waals surface area contributed by atoms with Crippen molar-refractivity contribution in [2.45, 2.75) is 13.3 Å². The molecule has 0 fully saturated rings. The fourth-order valence-corrected chi connectivity index (χ4v) is 2.45. The van der Waals surface area contributed by atoms with E-state index in [1.54, 1.807) is 7.11 Å². The van der Waals surface area contributed by atoms with E-state index in [4.69, 9.17) is 9.26 Å². The zero-order chi connectivity index (χ0) is 17.6. The Morgan fingerprint density at radius 1 is 1.16 bits per heavy atom. The number of benzene rings is 2. The maximum atomic E-state index is 12.1. The second-order valence-corrected chi connectivity index (χ2v) is 5.79. The molecule has 0 spiro atoms. The third-order valence-electron chi connectivity index (χ3n) is 3.89. The minimum absolute atomic E-state index is 0.0866. The van der Waals surface area contributed by atoms with Crippen LogP contribution in [-0.2, 0) is 6.42 Å². The molecule has 3 aromatic rings. The minimum atomic E-state index is -0.0866. The van der Waals surface area contributed by atoms with Crippen LogP contribution in [0.25, 0.3) is 11.3 Å².